The maximum absolute atomic E-state index is 9.48. The van der Waals surface area contributed by atoms with Gasteiger partial charge in [-0.1, -0.05) is 6.07 Å². The third kappa shape index (κ3) is 2.88. The van der Waals surface area contributed by atoms with Crippen LogP contribution in [-0.4, -0.2) is 38.1 Å². The van der Waals surface area contributed by atoms with Crippen molar-refractivity contribution in [2.75, 3.05) is 13.1 Å². The van der Waals surface area contributed by atoms with Crippen molar-refractivity contribution in [1.82, 2.24) is 30.3 Å². The summed E-state index contributed by atoms with van der Waals surface area (Å²) < 4.78 is 1.71. The molecule has 1 saturated heterocycles. The van der Waals surface area contributed by atoms with Crippen LogP contribution in [0.3, 0.4) is 0 Å². The van der Waals surface area contributed by atoms with Crippen LogP contribution in [0.15, 0.2) is 36.5 Å². The minimum absolute atomic E-state index is 0.512. The number of aromatic nitrogens is 5. The van der Waals surface area contributed by atoms with Crippen molar-refractivity contribution in [1.29, 1.82) is 5.26 Å². The zero-order chi connectivity index (χ0) is 19.1. The quantitative estimate of drug-likeness (QED) is 0.584. The van der Waals surface area contributed by atoms with Gasteiger partial charge in [-0.15, -0.1) is 10.2 Å². The van der Waals surface area contributed by atoms with Crippen LogP contribution >= 0.6 is 0 Å². The molecule has 2 aromatic carbocycles. The van der Waals surface area contributed by atoms with Gasteiger partial charge in [-0.3, -0.25) is 4.68 Å². The normalized spacial score (nSPS) is 15.1. The summed E-state index contributed by atoms with van der Waals surface area (Å²) in [5.41, 5.74) is 4.90. The van der Waals surface area contributed by atoms with E-state index in [1.165, 1.54) is 5.56 Å². The van der Waals surface area contributed by atoms with Crippen molar-refractivity contribution < 1.29 is 0 Å². The van der Waals surface area contributed by atoms with Crippen LogP contribution in [0.2, 0.25) is 0 Å². The molecule has 7 nitrogen and oxygen atoms in total. The molecule has 0 amide bonds. The van der Waals surface area contributed by atoms with Gasteiger partial charge in [0.2, 0.25) is 0 Å². The molecule has 0 bridgehead atoms. The van der Waals surface area contributed by atoms with Gasteiger partial charge in [-0.25, -0.2) is 4.98 Å². The van der Waals surface area contributed by atoms with Crippen LogP contribution in [0, 0.1) is 11.3 Å². The SMILES string of the molecule is Cn1cc2cc(-c3nnc4cc(C5CCNCC5)ccc4n3)cc(C#N)c2n1. The Morgan fingerprint density at radius 2 is 1.96 bits per heavy atom. The maximum Gasteiger partial charge on any atom is 0.182 e. The van der Waals surface area contributed by atoms with E-state index in [1.54, 1.807) is 10.7 Å². The number of rotatable bonds is 2. The Hall–Kier alpha value is -3.37. The standard InChI is InChI=1S/C21H19N7/c1-28-12-17-9-15(8-16(11-22)20(17)27-28)21-24-18-3-2-14(10-19(18)25-26-21)13-4-6-23-7-5-13/h2-3,8-10,12-13,23H,4-7H2,1H3. The minimum Gasteiger partial charge on any atom is -0.317 e. The Morgan fingerprint density at radius 1 is 1.11 bits per heavy atom. The number of hydrogen-bond acceptors (Lipinski definition) is 6. The van der Waals surface area contributed by atoms with Crippen LogP contribution in [0.25, 0.3) is 33.3 Å². The lowest BCUT2D eigenvalue weighted by molar-refractivity contribution is 0.460. The second kappa shape index (κ2) is 6.66. The number of nitriles is 1. The number of aryl methyl sites for hydroxylation is 1. The highest BCUT2D eigenvalue weighted by molar-refractivity contribution is 5.88. The number of benzene rings is 2. The summed E-state index contributed by atoms with van der Waals surface area (Å²) in [6.45, 7) is 2.12. The first-order chi connectivity index (χ1) is 13.7. The topological polar surface area (TPSA) is 92.3 Å². The van der Waals surface area contributed by atoms with Crippen molar-refractivity contribution >= 4 is 21.9 Å². The predicted octanol–water partition coefficient (Wildman–Crippen LogP) is 2.92. The fourth-order valence-corrected chi connectivity index (χ4v) is 3.95. The first-order valence-electron chi connectivity index (χ1n) is 9.44. The van der Waals surface area contributed by atoms with E-state index in [1.807, 2.05) is 25.4 Å². The third-order valence-electron chi connectivity index (χ3n) is 5.39. The third-order valence-corrected chi connectivity index (χ3v) is 5.39. The van der Waals surface area contributed by atoms with E-state index in [0.717, 1.165) is 47.9 Å². The molecule has 4 aromatic rings. The average Bonchev–Trinajstić information content (AvgIpc) is 3.13. The summed E-state index contributed by atoms with van der Waals surface area (Å²) in [5.74, 6) is 1.09. The van der Waals surface area contributed by atoms with E-state index in [2.05, 4.69) is 38.8 Å². The monoisotopic (exact) mass is 369 g/mol. The van der Waals surface area contributed by atoms with E-state index in [-0.39, 0.29) is 0 Å². The molecule has 1 N–H and O–H groups in total. The zero-order valence-electron chi connectivity index (χ0n) is 15.6. The number of nitrogens with zero attached hydrogens (tertiary/aromatic N) is 6. The second-order valence-electron chi connectivity index (χ2n) is 7.28. The summed E-state index contributed by atoms with van der Waals surface area (Å²) in [6.07, 6.45) is 4.18. The lowest BCUT2D eigenvalue weighted by Gasteiger charge is -2.23. The van der Waals surface area contributed by atoms with Gasteiger partial charge >= 0.3 is 0 Å². The fourth-order valence-electron chi connectivity index (χ4n) is 3.95. The second-order valence-corrected chi connectivity index (χ2v) is 7.28. The molecule has 1 fully saturated rings. The molecule has 0 spiro atoms. The zero-order valence-corrected chi connectivity index (χ0v) is 15.6. The van der Waals surface area contributed by atoms with Crippen molar-refractivity contribution in [3.63, 3.8) is 0 Å². The van der Waals surface area contributed by atoms with Gasteiger partial charge in [0.1, 0.15) is 17.1 Å². The number of piperidine rings is 1. The van der Waals surface area contributed by atoms with Gasteiger partial charge in [0.25, 0.3) is 0 Å². The van der Waals surface area contributed by atoms with E-state index < -0.39 is 0 Å². The number of hydrogen-bond donors (Lipinski definition) is 1. The fraction of sp³-hybridized carbons (Fsp3) is 0.286. The molecule has 3 heterocycles. The van der Waals surface area contributed by atoms with Crippen LogP contribution in [0.1, 0.15) is 29.9 Å². The Bertz CT molecular complexity index is 1230. The lowest BCUT2D eigenvalue weighted by Crippen LogP contribution is -2.26. The highest BCUT2D eigenvalue weighted by Gasteiger charge is 2.16. The van der Waals surface area contributed by atoms with Crippen LogP contribution in [0.4, 0.5) is 0 Å². The summed E-state index contributed by atoms with van der Waals surface area (Å²) >= 11 is 0. The van der Waals surface area contributed by atoms with Gasteiger partial charge in [-0.2, -0.15) is 10.4 Å². The molecule has 0 unspecified atom stereocenters. The first-order valence-corrected chi connectivity index (χ1v) is 9.44. The molecule has 2 aromatic heterocycles. The van der Waals surface area contributed by atoms with E-state index >= 15 is 0 Å². The lowest BCUT2D eigenvalue weighted by atomic mass is 9.90. The van der Waals surface area contributed by atoms with Crippen molar-refractivity contribution in [3.05, 3.63) is 47.7 Å². The van der Waals surface area contributed by atoms with Gasteiger partial charge < -0.3 is 5.32 Å². The predicted molar refractivity (Wildman–Crippen MR) is 107 cm³/mol. The van der Waals surface area contributed by atoms with Crippen molar-refractivity contribution in [3.8, 4) is 17.5 Å². The summed E-state index contributed by atoms with van der Waals surface area (Å²) in [5, 5.41) is 26.9. The molecule has 138 valence electrons. The molecule has 7 heteroatoms. The van der Waals surface area contributed by atoms with Crippen LogP contribution in [-0.2, 0) is 7.05 Å². The molecule has 0 radical (unpaired) electrons. The molecule has 1 aliphatic heterocycles. The molecule has 0 aliphatic carbocycles. The molecule has 28 heavy (non-hydrogen) atoms. The molecule has 0 atom stereocenters. The molecule has 1 aliphatic rings. The smallest absolute Gasteiger partial charge is 0.182 e. The Morgan fingerprint density at radius 3 is 2.79 bits per heavy atom. The number of nitrogens with one attached hydrogen (secondary N) is 1. The van der Waals surface area contributed by atoms with E-state index in [9.17, 15) is 5.26 Å². The molecule has 5 rings (SSSR count). The summed E-state index contributed by atoms with van der Waals surface area (Å²) in [4.78, 5) is 4.70. The van der Waals surface area contributed by atoms with Crippen LogP contribution < -0.4 is 5.32 Å². The minimum atomic E-state index is 0.512. The number of fused-ring (bicyclic) bond motifs is 2. The van der Waals surface area contributed by atoms with Crippen molar-refractivity contribution in [2.24, 2.45) is 7.05 Å². The van der Waals surface area contributed by atoms with Gasteiger partial charge in [0.15, 0.2) is 5.82 Å². The largest absolute Gasteiger partial charge is 0.317 e. The van der Waals surface area contributed by atoms with Gasteiger partial charge in [0.05, 0.1) is 11.1 Å². The van der Waals surface area contributed by atoms with Crippen LogP contribution in [0.5, 0.6) is 0 Å². The van der Waals surface area contributed by atoms with Crippen molar-refractivity contribution in [2.45, 2.75) is 18.8 Å². The molecular weight excluding hydrogens is 350 g/mol. The molecular formula is C21H19N7. The summed E-state index contributed by atoms with van der Waals surface area (Å²) in [6, 6.07) is 12.2. The van der Waals surface area contributed by atoms with Gasteiger partial charge in [0, 0.05) is 24.2 Å². The highest BCUT2D eigenvalue weighted by atomic mass is 15.2. The van der Waals surface area contributed by atoms with Gasteiger partial charge in [-0.05, 0) is 61.7 Å². The molecule has 0 saturated carbocycles. The Kier molecular flexibility index (Phi) is 3.99. The average molecular weight is 369 g/mol. The Labute approximate surface area is 162 Å². The maximum atomic E-state index is 9.48. The van der Waals surface area contributed by atoms with E-state index in [0.29, 0.717) is 22.8 Å². The highest BCUT2D eigenvalue weighted by Crippen LogP contribution is 2.28. The van der Waals surface area contributed by atoms with E-state index in [4.69, 9.17) is 4.98 Å². The Balaban J connectivity index is 1.56. The summed E-state index contributed by atoms with van der Waals surface area (Å²) in [7, 11) is 1.84. The first kappa shape index (κ1) is 16.8.